The highest BCUT2D eigenvalue weighted by Gasteiger charge is 2.13. The fraction of sp³-hybridized carbons (Fsp3) is 0.267. The summed E-state index contributed by atoms with van der Waals surface area (Å²) in [6.07, 6.45) is 0. The van der Waals surface area contributed by atoms with Crippen LogP contribution in [0.1, 0.15) is 28.3 Å². The molecule has 0 saturated carbocycles. The highest BCUT2D eigenvalue weighted by Crippen LogP contribution is 2.26. The third kappa shape index (κ3) is 3.51. The number of aryl methyl sites for hydroxylation is 2. The quantitative estimate of drug-likeness (QED) is 0.752. The van der Waals surface area contributed by atoms with Crippen molar-refractivity contribution >= 4 is 28.7 Å². The Hall–Kier alpha value is -2.01. The monoisotopic (exact) mass is 289 g/mol. The fourth-order valence-corrected chi connectivity index (χ4v) is 3.11. The van der Waals surface area contributed by atoms with E-state index in [9.17, 15) is 4.79 Å². The second-order valence-corrected chi connectivity index (χ2v) is 6.27. The number of nitrogens with one attached hydrogen (secondary N) is 2. The average molecular weight is 289 g/mol. The minimum absolute atomic E-state index is 0.0197. The first-order valence-electron chi connectivity index (χ1n) is 6.45. The number of nitrogens with two attached hydrogens (primary N) is 1. The Morgan fingerprint density at radius 2 is 1.90 bits per heavy atom. The lowest BCUT2D eigenvalue weighted by Crippen LogP contribution is -2.31. The largest absolute Gasteiger partial charge is 0.399 e. The topological polar surface area (TPSA) is 67.2 Å². The van der Waals surface area contributed by atoms with Crippen LogP contribution in [0.25, 0.3) is 0 Å². The van der Waals surface area contributed by atoms with Crippen LogP contribution in [0.5, 0.6) is 0 Å². The van der Waals surface area contributed by atoms with E-state index in [2.05, 4.69) is 30.5 Å². The van der Waals surface area contributed by atoms with Gasteiger partial charge in [0.25, 0.3) is 0 Å². The summed E-state index contributed by atoms with van der Waals surface area (Å²) >= 11 is 1.74. The van der Waals surface area contributed by atoms with E-state index >= 15 is 0 Å². The van der Waals surface area contributed by atoms with E-state index in [4.69, 9.17) is 5.73 Å². The number of benzene rings is 1. The third-order valence-corrected chi connectivity index (χ3v) is 4.04. The number of anilines is 2. The Morgan fingerprint density at radius 3 is 2.45 bits per heavy atom. The van der Waals surface area contributed by atoms with Crippen LogP contribution in [0.4, 0.5) is 16.2 Å². The van der Waals surface area contributed by atoms with Crippen LogP contribution in [0.15, 0.2) is 30.3 Å². The highest BCUT2D eigenvalue weighted by molar-refractivity contribution is 7.12. The lowest BCUT2D eigenvalue weighted by molar-refractivity contribution is 0.249. The summed E-state index contributed by atoms with van der Waals surface area (Å²) in [5.74, 6) is 0. The molecule has 1 aromatic heterocycles. The van der Waals surface area contributed by atoms with Crippen LogP contribution in [-0.4, -0.2) is 6.03 Å². The summed E-state index contributed by atoms with van der Waals surface area (Å²) in [6, 6.07) is 8.95. The molecule has 2 rings (SSSR count). The van der Waals surface area contributed by atoms with E-state index in [0.717, 1.165) is 5.69 Å². The third-order valence-electron chi connectivity index (χ3n) is 3.06. The molecule has 0 aliphatic rings. The molecule has 20 heavy (non-hydrogen) atoms. The number of urea groups is 1. The Bertz CT molecular complexity index is 604. The van der Waals surface area contributed by atoms with Gasteiger partial charge in [-0.3, -0.25) is 0 Å². The van der Waals surface area contributed by atoms with Gasteiger partial charge in [-0.05, 0) is 56.7 Å². The molecule has 4 nitrogen and oxygen atoms in total. The molecular weight excluding hydrogens is 270 g/mol. The van der Waals surface area contributed by atoms with Gasteiger partial charge in [0.15, 0.2) is 0 Å². The van der Waals surface area contributed by atoms with Crippen LogP contribution in [0, 0.1) is 13.8 Å². The van der Waals surface area contributed by atoms with Crippen molar-refractivity contribution in [3.63, 3.8) is 0 Å². The maximum Gasteiger partial charge on any atom is 0.319 e. The molecule has 0 aliphatic heterocycles. The number of carbonyl (C=O) groups excluding carboxylic acids is 1. The molecule has 0 bridgehead atoms. The van der Waals surface area contributed by atoms with Crippen LogP contribution in [0.3, 0.4) is 0 Å². The molecule has 1 aromatic carbocycles. The summed E-state index contributed by atoms with van der Waals surface area (Å²) in [5.41, 5.74) is 8.17. The van der Waals surface area contributed by atoms with Gasteiger partial charge in [0.2, 0.25) is 0 Å². The maximum atomic E-state index is 11.9. The molecule has 5 heteroatoms. The van der Waals surface area contributed by atoms with Crippen molar-refractivity contribution in [3.8, 4) is 0 Å². The van der Waals surface area contributed by atoms with E-state index in [0.29, 0.717) is 5.69 Å². The van der Waals surface area contributed by atoms with Crippen molar-refractivity contribution in [2.24, 2.45) is 0 Å². The Labute approximate surface area is 123 Å². The summed E-state index contributed by atoms with van der Waals surface area (Å²) in [6.45, 7) is 6.13. The normalized spacial score (nSPS) is 11.9. The zero-order valence-electron chi connectivity index (χ0n) is 11.9. The SMILES string of the molecule is Cc1cc(C(C)NC(=O)Nc2ccc(N)cc2)c(C)s1. The fourth-order valence-electron chi connectivity index (χ4n) is 2.09. The Kier molecular flexibility index (Phi) is 4.29. The smallest absolute Gasteiger partial charge is 0.319 e. The maximum absolute atomic E-state index is 11.9. The molecule has 2 amide bonds. The van der Waals surface area contributed by atoms with Crippen molar-refractivity contribution in [3.05, 3.63) is 45.6 Å². The highest BCUT2D eigenvalue weighted by atomic mass is 32.1. The zero-order chi connectivity index (χ0) is 14.7. The number of carbonyl (C=O) groups is 1. The van der Waals surface area contributed by atoms with E-state index in [1.165, 1.54) is 15.3 Å². The Morgan fingerprint density at radius 1 is 1.25 bits per heavy atom. The predicted octanol–water partition coefficient (Wildman–Crippen LogP) is 3.83. The minimum atomic E-state index is -0.217. The number of nitrogen functional groups attached to an aromatic ring is 1. The second kappa shape index (κ2) is 5.96. The molecule has 0 saturated heterocycles. The summed E-state index contributed by atoms with van der Waals surface area (Å²) in [5, 5.41) is 5.73. The van der Waals surface area contributed by atoms with Gasteiger partial charge in [-0.25, -0.2) is 4.79 Å². The molecule has 0 radical (unpaired) electrons. The lowest BCUT2D eigenvalue weighted by atomic mass is 10.1. The molecular formula is C15H19N3OS. The van der Waals surface area contributed by atoms with E-state index in [1.54, 1.807) is 35.6 Å². The van der Waals surface area contributed by atoms with Crippen LogP contribution < -0.4 is 16.4 Å². The molecule has 0 aliphatic carbocycles. The zero-order valence-corrected chi connectivity index (χ0v) is 12.7. The van der Waals surface area contributed by atoms with Crippen LogP contribution >= 0.6 is 11.3 Å². The second-order valence-electron chi connectivity index (χ2n) is 4.81. The van der Waals surface area contributed by atoms with Crippen molar-refractivity contribution in [1.82, 2.24) is 5.32 Å². The first kappa shape index (κ1) is 14.4. The summed E-state index contributed by atoms with van der Waals surface area (Å²) in [4.78, 5) is 14.4. The van der Waals surface area contributed by atoms with E-state index in [-0.39, 0.29) is 12.1 Å². The number of thiophene rings is 1. The number of hydrogen-bond donors (Lipinski definition) is 3. The lowest BCUT2D eigenvalue weighted by Gasteiger charge is -2.14. The number of amides is 2. The average Bonchev–Trinajstić information content (AvgIpc) is 2.71. The number of hydrogen-bond acceptors (Lipinski definition) is 3. The number of rotatable bonds is 3. The van der Waals surface area contributed by atoms with Gasteiger partial charge in [-0.2, -0.15) is 0 Å². The van der Waals surface area contributed by atoms with Crippen molar-refractivity contribution in [2.75, 3.05) is 11.1 Å². The first-order chi connectivity index (χ1) is 9.45. The van der Waals surface area contributed by atoms with Crippen LogP contribution in [0.2, 0.25) is 0 Å². The summed E-state index contributed by atoms with van der Waals surface area (Å²) in [7, 11) is 0. The molecule has 1 heterocycles. The van der Waals surface area contributed by atoms with Crippen molar-refractivity contribution in [2.45, 2.75) is 26.8 Å². The van der Waals surface area contributed by atoms with Gasteiger partial charge < -0.3 is 16.4 Å². The molecule has 106 valence electrons. The Balaban J connectivity index is 1.97. The summed E-state index contributed by atoms with van der Waals surface area (Å²) < 4.78 is 0. The van der Waals surface area contributed by atoms with Gasteiger partial charge >= 0.3 is 6.03 Å². The minimum Gasteiger partial charge on any atom is -0.399 e. The first-order valence-corrected chi connectivity index (χ1v) is 7.27. The molecule has 0 spiro atoms. The molecule has 0 fully saturated rings. The van der Waals surface area contributed by atoms with E-state index in [1.807, 2.05) is 6.92 Å². The standard InChI is InChI=1S/C15H19N3OS/c1-9-8-14(11(3)20-9)10(2)17-15(19)18-13-6-4-12(16)5-7-13/h4-8,10H,16H2,1-3H3,(H2,17,18,19). The molecule has 1 unspecified atom stereocenters. The van der Waals surface area contributed by atoms with Gasteiger partial charge in [-0.15, -0.1) is 11.3 Å². The molecule has 2 aromatic rings. The predicted molar refractivity (Wildman–Crippen MR) is 85.2 cm³/mol. The van der Waals surface area contributed by atoms with Crippen LogP contribution in [-0.2, 0) is 0 Å². The molecule has 1 atom stereocenters. The van der Waals surface area contributed by atoms with Gasteiger partial charge in [0, 0.05) is 21.1 Å². The van der Waals surface area contributed by atoms with Gasteiger partial charge in [0.1, 0.15) is 0 Å². The molecule has 4 N–H and O–H groups in total. The van der Waals surface area contributed by atoms with Gasteiger partial charge in [0.05, 0.1) is 6.04 Å². The van der Waals surface area contributed by atoms with Crippen molar-refractivity contribution in [1.29, 1.82) is 0 Å². The van der Waals surface area contributed by atoms with Gasteiger partial charge in [-0.1, -0.05) is 0 Å². The van der Waals surface area contributed by atoms with E-state index < -0.39 is 0 Å². The van der Waals surface area contributed by atoms with Crippen molar-refractivity contribution < 1.29 is 4.79 Å².